The van der Waals surface area contributed by atoms with Gasteiger partial charge in [0.25, 0.3) is 0 Å². The summed E-state index contributed by atoms with van der Waals surface area (Å²) in [6.45, 7) is 8.67. The minimum Gasteiger partial charge on any atom is -0.341 e. The molecule has 4 nitrogen and oxygen atoms in total. The average molecular weight is 246 g/mol. The van der Waals surface area contributed by atoms with Gasteiger partial charge in [0.15, 0.2) is 0 Å². The van der Waals surface area contributed by atoms with Crippen LogP contribution >= 0.6 is 0 Å². The fourth-order valence-corrected chi connectivity index (χ4v) is 2.89. The van der Waals surface area contributed by atoms with E-state index in [-0.39, 0.29) is 0 Å². The van der Waals surface area contributed by atoms with E-state index in [0.717, 1.165) is 38.5 Å². The summed E-state index contributed by atoms with van der Waals surface area (Å²) in [5.74, 6) is 1.44. The van der Waals surface area contributed by atoms with Gasteiger partial charge in [0.05, 0.1) is 11.4 Å². The molecule has 2 aliphatic heterocycles. The Labute approximate surface area is 109 Å². The number of nitrogens with zero attached hydrogens (tertiary/aromatic N) is 3. The third-order valence-corrected chi connectivity index (χ3v) is 3.89. The second-order valence-corrected chi connectivity index (χ2v) is 5.61. The van der Waals surface area contributed by atoms with E-state index in [9.17, 15) is 0 Å². The van der Waals surface area contributed by atoms with E-state index in [1.54, 1.807) is 0 Å². The van der Waals surface area contributed by atoms with E-state index in [1.807, 2.05) is 0 Å². The number of fused-ring (bicyclic) bond motifs is 1. The van der Waals surface area contributed by atoms with Crippen molar-refractivity contribution in [2.75, 3.05) is 24.5 Å². The molecule has 0 unspecified atom stereocenters. The van der Waals surface area contributed by atoms with E-state index in [2.05, 4.69) is 24.1 Å². The van der Waals surface area contributed by atoms with E-state index >= 15 is 0 Å². The maximum atomic E-state index is 4.84. The SMILES string of the molecule is CC(C)c1nc(N2CCCC2)nc2c1CNCC2. The molecule has 1 aromatic rings. The predicted octanol–water partition coefficient (Wildman–Crippen LogP) is 1.85. The Hall–Kier alpha value is -1.16. The minimum atomic E-state index is 0.475. The second kappa shape index (κ2) is 4.84. The van der Waals surface area contributed by atoms with Gasteiger partial charge < -0.3 is 10.2 Å². The van der Waals surface area contributed by atoms with Crippen molar-refractivity contribution in [1.29, 1.82) is 0 Å². The number of nitrogens with one attached hydrogen (secondary N) is 1. The summed E-state index contributed by atoms with van der Waals surface area (Å²) >= 11 is 0. The van der Waals surface area contributed by atoms with E-state index in [4.69, 9.17) is 9.97 Å². The topological polar surface area (TPSA) is 41.1 Å². The van der Waals surface area contributed by atoms with E-state index in [1.165, 1.54) is 29.8 Å². The third-order valence-electron chi connectivity index (χ3n) is 3.89. The molecule has 0 bridgehead atoms. The molecular weight excluding hydrogens is 224 g/mol. The Morgan fingerprint density at radius 3 is 2.67 bits per heavy atom. The first kappa shape index (κ1) is 11.9. The fraction of sp³-hybridized carbons (Fsp3) is 0.714. The normalized spacial score (nSPS) is 19.4. The van der Waals surface area contributed by atoms with Crippen LogP contribution in [0.5, 0.6) is 0 Å². The highest BCUT2D eigenvalue weighted by atomic mass is 15.3. The summed E-state index contributed by atoms with van der Waals surface area (Å²) in [6, 6.07) is 0. The number of hydrogen-bond donors (Lipinski definition) is 1. The van der Waals surface area contributed by atoms with Gasteiger partial charge in [-0.3, -0.25) is 0 Å². The Morgan fingerprint density at radius 2 is 1.94 bits per heavy atom. The fourth-order valence-electron chi connectivity index (χ4n) is 2.89. The lowest BCUT2D eigenvalue weighted by Gasteiger charge is -2.24. The first-order valence-corrected chi connectivity index (χ1v) is 7.11. The van der Waals surface area contributed by atoms with Crippen LogP contribution in [0.3, 0.4) is 0 Å². The smallest absolute Gasteiger partial charge is 0.225 e. The maximum absolute atomic E-state index is 4.84. The summed E-state index contributed by atoms with van der Waals surface area (Å²) in [6.07, 6.45) is 3.59. The zero-order valence-electron chi connectivity index (χ0n) is 11.4. The first-order valence-electron chi connectivity index (χ1n) is 7.11. The van der Waals surface area contributed by atoms with Crippen LogP contribution < -0.4 is 10.2 Å². The summed E-state index contributed by atoms with van der Waals surface area (Å²) < 4.78 is 0. The Bertz CT molecular complexity index is 436. The molecule has 18 heavy (non-hydrogen) atoms. The lowest BCUT2D eigenvalue weighted by molar-refractivity contribution is 0.606. The molecule has 4 heteroatoms. The number of hydrogen-bond acceptors (Lipinski definition) is 4. The molecule has 0 spiro atoms. The quantitative estimate of drug-likeness (QED) is 0.864. The lowest BCUT2D eigenvalue weighted by Crippen LogP contribution is -2.29. The molecule has 3 rings (SSSR count). The summed E-state index contributed by atoms with van der Waals surface area (Å²) in [5.41, 5.74) is 3.86. The van der Waals surface area contributed by atoms with Crippen LogP contribution in [0.4, 0.5) is 5.95 Å². The summed E-state index contributed by atoms with van der Waals surface area (Å²) in [7, 11) is 0. The highest BCUT2D eigenvalue weighted by molar-refractivity contribution is 5.40. The third kappa shape index (κ3) is 2.09. The monoisotopic (exact) mass is 246 g/mol. The van der Waals surface area contributed by atoms with Crippen LogP contribution in [0.2, 0.25) is 0 Å². The number of rotatable bonds is 2. The van der Waals surface area contributed by atoms with Crippen molar-refractivity contribution in [2.24, 2.45) is 0 Å². The van der Waals surface area contributed by atoms with Crippen molar-refractivity contribution in [3.8, 4) is 0 Å². The molecular formula is C14H22N4. The van der Waals surface area contributed by atoms with Crippen molar-refractivity contribution < 1.29 is 0 Å². The van der Waals surface area contributed by atoms with Gasteiger partial charge in [0, 0.05) is 38.2 Å². The predicted molar refractivity (Wildman–Crippen MR) is 73.0 cm³/mol. The van der Waals surface area contributed by atoms with Gasteiger partial charge in [-0.2, -0.15) is 0 Å². The standard InChI is InChI=1S/C14H22N4/c1-10(2)13-11-9-15-6-5-12(11)16-14(17-13)18-7-3-4-8-18/h10,15H,3-9H2,1-2H3. The van der Waals surface area contributed by atoms with Gasteiger partial charge in [-0.25, -0.2) is 9.97 Å². The molecule has 0 amide bonds. The molecule has 2 aliphatic rings. The van der Waals surface area contributed by atoms with Gasteiger partial charge in [0.2, 0.25) is 5.95 Å². The molecule has 1 aromatic heterocycles. The highest BCUT2D eigenvalue weighted by Gasteiger charge is 2.22. The van der Waals surface area contributed by atoms with Crippen molar-refractivity contribution in [2.45, 2.75) is 45.6 Å². The van der Waals surface area contributed by atoms with E-state index in [0.29, 0.717) is 5.92 Å². The van der Waals surface area contributed by atoms with Crippen LogP contribution in [0.1, 0.15) is 49.6 Å². The average Bonchev–Trinajstić information content (AvgIpc) is 2.91. The lowest BCUT2D eigenvalue weighted by atomic mass is 9.99. The highest BCUT2D eigenvalue weighted by Crippen LogP contribution is 2.26. The molecule has 0 aromatic carbocycles. The molecule has 1 fully saturated rings. The maximum Gasteiger partial charge on any atom is 0.225 e. The summed E-state index contributed by atoms with van der Waals surface area (Å²) in [4.78, 5) is 12.0. The van der Waals surface area contributed by atoms with E-state index < -0.39 is 0 Å². The van der Waals surface area contributed by atoms with Crippen LogP contribution in [0.25, 0.3) is 0 Å². The van der Waals surface area contributed by atoms with Gasteiger partial charge >= 0.3 is 0 Å². The second-order valence-electron chi connectivity index (χ2n) is 5.61. The molecule has 0 radical (unpaired) electrons. The molecule has 0 atom stereocenters. The van der Waals surface area contributed by atoms with Crippen LogP contribution in [-0.4, -0.2) is 29.6 Å². The molecule has 0 aliphatic carbocycles. The molecule has 98 valence electrons. The number of aromatic nitrogens is 2. The van der Waals surface area contributed by atoms with Gasteiger partial charge in [-0.15, -0.1) is 0 Å². The summed E-state index contributed by atoms with van der Waals surface area (Å²) in [5, 5.41) is 3.43. The Balaban J connectivity index is 2.03. The zero-order chi connectivity index (χ0) is 12.5. The number of anilines is 1. The van der Waals surface area contributed by atoms with Gasteiger partial charge in [0.1, 0.15) is 0 Å². The molecule has 1 N–H and O–H groups in total. The van der Waals surface area contributed by atoms with Gasteiger partial charge in [-0.1, -0.05) is 13.8 Å². The Morgan fingerprint density at radius 1 is 1.17 bits per heavy atom. The minimum absolute atomic E-state index is 0.475. The van der Waals surface area contributed by atoms with Crippen molar-refractivity contribution in [3.05, 3.63) is 17.0 Å². The molecule has 3 heterocycles. The largest absolute Gasteiger partial charge is 0.341 e. The molecule has 0 saturated carbocycles. The molecule has 1 saturated heterocycles. The van der Waals surface area contributed by atoms with Crippen LogP contribution in [0, 0.1) is 0 Å². The van der Waals surface area contributed by atoms with Crippen molar-refractivity contribution in [1.82, 2.24) is 15.3 Å². The van der Waals surface area contributed by atoms with Crippen LogP contribution in [-0.2, 0) is 13.0 Å². The van der Waals surface area contributed by atoms with Gasteiger partial charge in [-0.05, 0) is 18.8 Å². The zero-order valence-corrected chi connectivity index (χ0v) is 11.4. The first-order chi connectivity index (χ1) is 8.75. The van der Waals surface area contributed by atoms with Crippen LogP contribution in [0.15, 0.2) is 0 Å². The van der Waals surface area contributed by atoms with Crippen molar-refractivity contribution in [3.63, 3.8) is 0 Å². The Kier molecular flexibility index (Phi) is 3.20. The van der Waals surface area contributed by atoms with Crippen molar-refractivity contribution >= 4 is 5.95 Å².